The van der Waals surface area contributed by atoms with Crippen LogP contribution in [0.5, 0.6) is 0 Å². The van der Waals surface area contributed by atoms with Gasteiger partial charge in [-0.15, -0.1) is 0 Å². The third-order valence-corrected chi connectivity index (χ3v) is 3.71. The number of aryl methyl sites for hydroxylation is 3. The molecule has 1 aliphatic heterocycles. The van der Waals surface area contributed by atoms with Gasteiger partial charge in [0.1, 0.15) is 0 Å². The molecule has 1 N–H and O–H groups in total. The summed E-state index contributed by atoms with van der Waals surface area (Å²) in [7, 11) is 1.97. The largest absolute Gasteiger partial charge is 0.310 e. The van der Waals surface area contributed by atoms with Gasteiger partial charge in [0.25, 0.3) is 0 Å². The molecule has 0 saturated heterocycles. The molecule has 3 heterocycles. The van der Waals surface area contributed by atoms with Gasteiger partial charge in [0.05, 0.1) is 5.69 Å². The Balaban J connectivity index is 2.39. The highest BCUT2D eigenvalue weighted by atomic mass is 15.3. The summed E-state index contributed by atoms with van der Waals surface area (Å²) in [4.78, 5) is 4.69. The van der Waals surface area contributed by atoms with E-state index < -0.39 is 0 Å². The molecule has 1 aliphatic rings. The predicted molar refractivity (Wildman–Crippen MR) is 68.0 cm³/mol. The summed E-state index contributed by atoms with van der Waals surface area (Å²) in [5.74, 6) is 0. The van der Waals surface area contributed by atoms with Gasteiger partial charge in [0, 0.05) is 30.7 Å². The minimum Gasteiger partial charge on any atom is -0.310 e. The van der Waals surface area contributed by atoms with Gasteiger partial charge in [-0.2, -0.15) is 5.10 Å². The number of hydrogen-bond donors (Lipinski definition) is 1. The van der Waals surface area contributed by atoms with Crippen molar-refractivity contribution >= 4 is 11.0 Å². The highest BCUT2D eigenvalue weighted by Crippen LogP contribution is 2.29. The quantitative estimate of drug-likeness (QED) is 0.748. The topological polar surface area (TPSA) is 42.7 Å². The summed E-state index contributed by atoms with van der Waals surface area (Å²) >= 11 is 0. The molecule has 4 nitrogen and oxygen atoms in total. The van der Waals surface area contributed by atoms with E-state index in [0.29, 0.717) is 6.04 Å². The van der Waals surface area contributed by atoms with Gasteiger partial charge in [-0.3, -0.25) is 4.68 Å². The van der Waals surface area contributed by atoms with Crippen LogP contribution in [-0.2, 0) is 20.0 Å². The second-order valence-corrected chi connectivity index (χ2v) is 5.05. The van der Waals surface area contributed by atoms with Gasteiger partial charge in [-0.25, -0.2) is 4.98 Å². The van der Waals surface area contributed by atoms with Crippen LogP contribution in [0.4, 0.5) is 0 Å². The summed E-state index contributed by atoms with van der Waals surface area (Å²) in [6, 6.07) is 0.534. The van der Waals surface area contributed by atoms with Crippen LogP contribution >= 0.6 is 0 Å². The van der Waals surface area contributed by atoms with Crippen molar-refractivity contribution in [2.24, 2.45) is 7.05 Å². The molecule has 0 radical (unpaired) electrons. The molecule has 0 bridgehead atoms. The third-order valence-electron chi connectivity index (χ3n) is 3.71. The number of aromatic nitrogens is 3. The Morgan fingerprint density at radius 3 is 2.76 bits per heavy atom. The molecule has 1 unspecified atom stereocenters. The average Bonchev–Trinajstić information content (AvgIpc) is 2.54. The van der Waals surface area contributed by atoms with Crippen molar-refractivity contribution in [2.75, 3.05) is 0 Å². The molecule has 2 aromatic rings. The van der Waals surface area contributed by atoms with Crippen molar-refractivity contribution in [2.45, 2.75) is 39.8 Å². The fourth-order valence-electron chi connectivity index (χ4n) is 2.84. The van der Waals surface area contributed by atoms with Crippen molar-refractivity contribution in [3.63, 3.8) is 0 Å². The molecule has 1 atom stereocenters. The van der Waals surface area contributed by atoms with Crippen LogP contribution in [0.25, 0.3) is 11.0 Å². The predicted octanol–water partition coefficient (Wildman–Crippen LogP) is 1.62. The molecule has 0 aliphatic carbocycles. The number of hydrogen-bond acceptors (Lipinski definition) is 3. The summed E-state index contributed by atoms with van der Waals surface area (Å²) < 4.78 is 1.89. The van der Waals surface area contributed by atoms with E-state index in [1.165, 1.54) is 16.5 Å². The van der Waals surface area contributed by atoms with Crippen molar-refractivity contribution in [3.05, 3.63) is 22.5 Å². The van der Waals surface area contributed by atoms with Crippen LogP contribution in [0.3, 0.4) is 0 Å². The second kappa shape index (κ2) is 3.53. The van der Waals surface area contributed by atoms with E-state index in [0.717, 1.165) is 30.0 Å². The van der Waals surface area contributed by atoms with Gasteiger partial charge in [0.15, 0.2) is 5.65 Å². The molecule has 0 saturated carbocycles. The molecule has 90 valence electrons. The summed E-state index contributed by atoms with van der Waals surface area (Å²) in [5.41, 5.74) is 6.07. The van der Waals surface area contributed by atoms with E-state index >= 15 is 0 Å². The van der Waals surface area contributed by atoms with Crippen molar-refractivity contribution in [3.8, 4) is 0 Å². The van der Waals surface area contributed by atoms with Gasteiger partial charge in [-0.05, 0) is 38.3 Å². The van der Waals surface area contributed by atoms with Gasteiger partial charge >= 0.3 is 0 Å². The smallest absolute Gasteiger partial charge is 0.158 e. The lowest BCUT2D eigenvalue weighted by Crippen LogP contribution is -2.33. The lowest BCUT2D eigenvalue weighted by Gasteiger charge is -2.25. The fraction of sp³-hybridized carbons (Fsp3) is 0.538. The van der Waals surface area contributed by atoms with Gasteiger partial charge in [-0.1, -0.05) is 0 Å². The maximum atomic E-state index is 4.69. The number of pyridine rings is 1. The number of rotatable bonds is 0. The number of fused-ring (bicyclic) bond motifs is 3. The van der Waals surface area contributed by atoms with Crippen LogP contribution in [0.15, 0.2) is 0 Å². The average molecular weight is 230 g/mol. The molecule has 0 fully saturated rings. The van der Waals surface area contributed by atoms with Gasteiger partial charge in [0.2, 0.25) is 0 Å². The zero-order chi connectivity index (χ0) is 12.2. The highest BCUT2D eigenvalue weighted by Gasteiger charge is 2.22. The highest BCUT2D eigenvalue weighted by molar-refractivity contribution is 5.84. The fourth-order valence-corrected chi connectivity index (χ4v) is 2.84. The van der Waals surface area contributed by atoms with Crippen molar-refractivity contribution in [1.82, 2.24) is 20.1 Å². The Morgan fingerprint density at radius 1 is 1.24 bits per heavy atom. The summed E-state index contributed by atoms with van der Waals surface area (Å²) in [6.07, 6.45) is 1.07. The van der Waals surface area contributed by atoms with E-state index in [9.17, 15) is 0 Å². The first-order chi connectivity index (χ1) is 8.08. The molecular formula is C13H18N4. The standard InChI is InChI=1S/C13H18N4/c1-7-5-10-11(6-14-7)8(2)15-13-12(10)9(3)16-17(13)4/h7,14H,5-6H2,1-4H3. The molecular weight excluding hydrogens is 212 g/mol. The van der Waals surface area contributed by atoms with Crippen LogP contribution in [0, 0.1) is 13.8 Å². The first-order valence-electron chi connectivity index (χ1n) is 6.13. The Kier molecular flexibility index (Phi) is 2.23. The van der Waals surface area contributed by atoms with E-state index in [-0.39, 0.29) is 0 Å². The Hall–Kier alpha value is -1.42. The zero-order valence-electron chi connectivity index (χ0n) is 10.8. The minimum absolute atomic E-state index is 0.534. The van der Waals surface area contributed by atoms with Gasteiger partial charge < -0.3 is 5.32 Å². The molecule has 3 rings (SSSR count). The van der Waals surface area contributed by atoms with Crippen LogP contribution in [0.1, 0.15) is 29.4 Å². The molecule has 0 amide bonds. The lowest BCUT2D eigenvalue weighted by molar-refractivity contribution is 0.513. The molecule has 0 spiro atoms. The SMILES string of the molecule is Cc1nc2c(c(C)nn2C)c2c1CNC(C)C2. The maximum Gasteiger partial charge on any atom is 0.158 e. The second-order valence-electron chi connectivity index (χ2n) is 5.05. The van der Waals surface area contributed by atoms with Crippen LogP contribution < -0.4 is 5.32 Å². The first-order valence-corrected chi connectivity index (χ1v) is 6.13. The monoisotopic (exact) mass is 230 g/mol. The van der Waals surface area contributed by atoms with Crippen LogP contribution in [-0.4, -0.2) is 20.8 Å². The maximum absolute atomic E-state index is 4.69. The molecule has 0 aromatic carbocycles. The molecule has 2 aromatic heterocycles. The molecule has 17 heavy (non-hydrogen) atoms. The number of nitrogens with zero attached hydrogens (tertiary/aromatic N) is 3. The van der Waals surface area contributed by atoms with Crippen LogP contribution in [0.2, 0.25) is 0 Å². The normalized spacial score (nSPS) is 19.6. The van der Waals surface area contributed by atoms with E-state index in [4.69, 9.17) is 4.98 Å². The first kappa shape index (κ1) is 10.7. The summed E-state index contributed by atoms with van der Waals surface area (Å²) in [5, 5.41) is 9.27. The number of nitrogens with one attached hydrogen (secondary N) is 1. The van der Waals surface area contributed by atoms with Crippen molar-refractivity contribution < 1.29 is 0 Å². The lowest BCUT2D eigenvalue weighted by atomic mass is 9.93. The minimum atomic E-state index is 0.534. The Morgan fingerprint density at radius 2 is 2.00 bits per heavy atom. The van der Waals surface area contributed by atoms with E-state index in [1.807, 2.05) is 11.7 Å². The molecule has 4 heteroatoms. The Labute approximate surface area is 101 Å². The Bertz CT molecular complexity index is 597. The summed E-state index contributed by atoms with van der Waals surface area (Å²) in [6.45, 7) is 7.33. The van der Waals surface area contributed by atoms with Crippen molar-refractivity contribution in [1.29, 1.82) is 0 Å². The van der Waals surface area contributed by atoms with E-state index in [2.05, 4.69) is 31.2 Å². The zero-order valence-corrected chi connectivity index (χ0v) is 10.8. The van der Waals surface area contributed by atoms with E-state index in [1.54, 1.807) is 0 Å². The third kappa shape index (κ3) is 1.47.